The summed E-state index contributed by atoms with van der Waals surface area (Å²) in [5.74, 6) is -4.45. The van der Waals surface area contributed by atoms with Crippen LogP contribution in [0.25, 0.3) is 0 Å². The summed E-state index contributed by atoms with van der Waals surface area (Å²) in [5, 5.41) is 12.3. The average molecular weight is 391 g/mol. The lowest BCUT2D eigenvalue weighted by Crippen LogP contribution is -2.50. The SMILES string of the molecule is CCOC(=O)[C@@H](NC(=O)c1ccccc1)[C@H]1C[C@@H](C(=O)O)[C@@H]2OC(C)(C)O[C@H]12. The van der Waals surface area contributed by atoms with Crippen molar-refractivity contribution >= 4 is 17.8 Å². The van der Waals surface area contributed by atoms with Gasteiger partial charge in [-0.2, -0.15) is 0 Å². The monoisotopic (exact) mass is 391 g/mol. The number of nitrogens with one attached hydrogen (secondary N) is 1. The van der Waals surface area contributed by atoms with Crippen molar-refractivity contribution < 1.29 is 33.7 Å². The third-order valence-electron chi connectivity index (χ3n) is 5.12. The summed E-state index contributed by atoms with van der Waals surface area (Å²) in [6.45, 7) is 5.21. The molecule has 0 radical (unpaired) electrons. The molecule has 0 aromatic heterocycles. The number of hydrogen-bond donors (Lipinski definition) is 2. The number of fused-ring (bicyclic) bond motifs is 1. The zero-order valence-electron chi connectivity index (χ0n) is 16.1. The molecule has 0 bridgehead atoms. The highest BCUT2D eigenvalue weighted by molar-refractivity contribution is 5.96. The van der Waals surface area contributed by atoms with E-state index in [-0.39, 0.29) is 13.0 Å². The van der Waals surface area contributed by atoms with E-state index in [1.165, 1.54) is 0 Å². The van der Waals surface area contributed by atoms with Crippen molar-refractivity contribution in [2.24, 2.45) is 11.8 Å². The number of carbonyl (C=O) groups is 3. The van der Waals surface area contributed by atoms with Gasteiger partial charge in [-0.3, -0.25) is 9.59 Å². The molecule has 5 atom stereocenters. The molecule has 1 aliphatic carbocycles. The standard InChI is InChI=1S/C20H25NO7/c1-4-26-19(25)14(21-17(22)11-8-6-5-7-9-11)12-10-13(18(23)24)16-15(12)27-20(2,3)28-16/h5-9,12-16H,4,10H2,1-3H3,(H,21,22)(H,23,24)/t12-,13-,14+,15-,16+/m1/s1. The van der Waals surface area contributed by atoms with Gasteiger partial charge < -0.3 is 24.6 Å². The fraction of sp³-hybridized carbons (Fsp3) is 0.550. The predicted molar refractivity (Wildman–Crippen MR) is 97.4 cm³/mol. The number of rotatable bonds is 6. The van der Waals surface area contributed by atoms with Gasteiger partial charge in [0, 0.05) is 11.5 Å². The molecule has 1 heterocycles. The fourth-order valence-corrected chi connectivity index (χ4v) is 3.97. The molecule has 8 nitrogen and oxygen atoms in total. The molecule has 2 aliphatic rings. The van der Waals surface area contributed by atoms with Crippen molar-refractivity contribution in [1.29, 1.82) is 0 Å². The highest BCUT2D eigenvalue weighted by Crippen LogP contribution is 2.46. The minimum Gasteiger partial charge on any atom is -0.481 e. The molecule has 1 saturated heterocycles. The molecule has 1 aromatic carbocycles. The van der Waals surface area contributed by atoms with Gasteiger partial charge in [-0.25, -0.2) is 4.79 Å². The summed E-state index contributed by atoms with van der Waals surface area (Å²) < 4.78 is 16.9. The number of amides is 1. The number of carboxylic acid groups (broad SMARTS) is 1. The van der Waals surface area contributed by atoms with E-state index in [2.05, 4.69) is 5.32 Å². The average Bonchev–Trinajstić information content (AvgIpc) is 3.13. The topological polar surface area (TPSA) is 111 Å². The lowest BCUT2D eigenvalue weighted by molar-refractivity contribution is -0.172. The molecule has 1 amide bonds. The van der Waals surface area contributed by atoms with Crippen LogP contribution in [0, 0.1) is 11.8 Å². The van der Waals surface area contributed by atoms with Crippen LogP contribution in [0.4, 0.5) is 0 Å². The third kappa shape index (κ3) is 4.02. The van der Waals surface area contributed by atoms with Gasteiger partial charge in [0.25, 0.3) is 5.91 Å². The number of hydrogen-bond acceptors (Lipinski definition) is 6. The molecular formula is C20H25NO7. The maximum Gasteiger partial charge on any atom is 0.329 e. The maximum atomic E-state index is 12.6. The molecule has 3 rings (SSSR count). The second-order valence-corrected chi connectivity index (χ2v) is 7.48. The summed E-state index contributed by atoms with van der Waals surface area (Å²) in [4.78, 5) is 37.0. The Morgan fingerprint density at radius 2 is 1.86 bits per heavy atom. The largest absolute Gasteiger partial charge is 0.481 e. The van der Waals surface area contributed by atoms with E-state index in [1.54, 1.807) is 51.1 Å². The second kappa shape index (κ2) is 7.89. The van der Waals surface area contributed by atoms with E-state index in [1.807, 2.05) is 0 Å². The van der Waals surface area contributed by atoms with Crippen LogP contribution >= 0.6 is 0 Å². The van der Waals surface area contributed by atoms with Crippen molar-refractivity contribution in [1.82, 2.24) is 5.32 Å². The van der Waals surface area contributed by atoms with E-state index in [0.717, 1.165) is 0 Å². The maximum absolute atomic E-state index is 12.6. The summed E-state index contributed by atoms with van der Waals surface area (Å²) in [7, 11) is 0. The van der Waals surface area contributed by atoms with Gasteiger partial charge in [0.05, 0.1) is 18.6 Å². The van der Waals surface area contributed by atoms with Gasteiger partial charge >= 0.3 is 11.9 Å². The van der Waals surface area contributed by atoms with E-state index in [9.17, 15) is 19.5 Å². The van der Waals surface area contributed by atoms with E-state index in [4.69, 9.17) is 14.2 Å². The molecule has 0 spiro atoms. The van der Waals surface area contributed by atoms with Crippen LogP contribution in [0.15, 0.2) is 30.3 Å². The Morgan fingerprint density at radius 3 is 2.46 bits per heavy atom. The third-order valence-corrected chi connectivity index (χ3v) is 5.12. The Labute approximate surface area is 163 Å². The van der Waals surface area contributed by atoms with Crippen molar-refractivity contribution in [2.45, 2.75) is 51.2 Å². The smallest absolute Gasteiger partial charge is 0.329 e. The Balaban J connectivity index is 1.88. The summed E-state index contributed by atoms with van der Waals surface area (Å²) in [6, 6.07) is 7.44. The first-order valence-electron chi connectivity index (χ1n) is 9.34. The first kappa shape index (κ1) is 20.3. The summed E-state index contributed by atoms with van der Waals surface area (Å²) >= 11 is 0. The summed E-state index contributed by atoms with van der Waals surface area (Å²) in [6.07, 6.45) is -1.19. The number of carboxylic acids is 1. The molecule has 2 fully saturated rings. The van der Waals surface area contributed by atoms with E-state index >= 15 is 0 Å². The first-order chi connectivity index (χ1) is 13.2. The fourth-order valence-electron chi connectivity index (χ4n) is 3.97. The van der Waals surface area contributed by atoms with Gasteiger partial charge in [0.15, 0.2) is 5.79 Å². The number of carbonyl (C=O) groups excluding carboxylic acids is 2. The van der Waals surface area contributed by atoms with Gasteiger partial charge in [0.2, 0.25) is 0 Å². The molecule has 28 heavy (non-hydrogen) atoms. The van der Waals surface area contributed by atoms with Gasteiger partial charge in [0.1, 0.15) is 12.1 Å². The molecule has 152 valence electrons. The number of aliphatic carboxylic acids is 1. The van der Waals surface area contributed by atoms with Crippen molar-refractivity contribution in [3.05, 3.63) is 35.9 Å². The second-order valence-electron chi connectivity index (χ2n) is 7.48. The van der Waals surface area contributed by atoms with Crippen molar-refractivity contribution in [3.63, 3.8) is 0 Å². The molecule has 0 unspecified atom stereocenters. The van der Waals surface area contributed by atoms with E-state index in [0.29, 0.717) is 5.56 Å². The molecular weight excluding hydrogens is 366 g/mol. The highest BCUT2D eigenvalue weighted by atomic mass is 16.8. The Hall–Kier alpha value is -2.45. The van der Waals surface area contributed by atoms with Crippen LogP contribution in [0.3, 0.4) is 0 Å². The number of ether oxygens (including phenoxy) is 3. The van der Waals surface area contributed by atoms with Gasteiger partial charge in [-0.05, 0) is 39.3 Å². The Morgan fingerprint density at radius 1 is 1.21 bits per heavy atom. The predicted octanol–water partition coefficient (Wildman–Crippen LogP) is 1.59. The van der Waals surface area contributed by atoms with Crippen LogP contribution in [0.5, 0.6) is 0 Å². The summed E-state index contributed by atoms with van der Waals surface area (Å²) in [5.41, 5.74) is 0.394. The van der Waals surface area contributed by atoms with Gasteiger partial charge in [-0.15, -0.1) is 0 Å². The van der Waals surface area contributed by atoms with Crippen LogP contribution in [0.2, 0.25) is 0 Å². The normalized spacial score (nSPS) is 29.0. The van der Waals surface area contributed by atoms with E-state index < -0.39 is 53.7 Å². The Kier molecular flexibility index (Phi) is 5.71. The van der Waals surface area contributed by atoms with Crippen LogP contribution in [0.1, 0.15) is 37.6 Å². The number of benzene rings is 1. The highest BCUT2D eigenvalue weighted by Gasteiger charge is 2.59. The first-order valence-corrected chi connectivity index (χ1v) is 9.34. The van der Waals surface area contributed by atoms with Crippen LogP contribution in [-0.4, -0.2) is 53.6 Å². The van der Waals surface area contributed by atoms with Crippen molar-refractivity contribution in [3.8, 4) is 0 Å². The quantitative estimate of drug-likeness (QED) is 0.708. The molecule has 1 aromatic rings. The molecule has 2 N–H and O–H groups in total. The lowest BCUT2D eigenvalue weighted by Gasteiger charge is -2.28. The minimum atomic E-state index is -1.04. The zero-order valence-corrected chi connectivity index (χ0v) is 16.1. The van der Waals surface area contributed by atoms with Gasteiger partial charge in [-0.1, -0.05) is 18.2 Å². The molecule has 1 aliphatic heterocycles. The van der Waals surface area contributed by atoms with Crippen LogP contribution in [-0.2, 0) is 23.8 Å². The van der Waals surface area contributed by atoms with Crippen LogP contribution < -0.4 is 5.32 Å². The minimum absolute atomic E-state index is 0.138. The number of esters is 1. The lowest BCUT2D eigenvalue weighted by atomic mass is 9.94. The zero-order chi connectivity index (χ0) is 20.5. The molecule has 8 heteroatoms. The molecule has 1 saturated carbocycles. The Bertz CT molecular complexity index is 748. The van der Waals surface area contributed by atoms with Crippen molar-refractivity contribution in [2.75, 3.05) is 6.61 Å².